The van der Waals surface area contributed by atoms with Gasteiger partial charge in [0.1, 0.15) is 5.54 Å². The van der Waals surface area contributed by atoms with E-state index in [4.69, 9.17) is 9.47 Å². The fourth-order valence-corrected chi connectivity index (χ4v) is 3.48. The Bertz CT molecular complexity index is 359. The zero-order valence-electron chi connectivity index (χ0n) is 13.9. The molecule has 5 heteroatoms. The number of carbonyl (C=O) groups is 1. The lowest BCUT2D eigenvalue weighted by molar-refractivity contribution is -0.153. The molecule has 0 aromatic carbocycles. The second kappa shape index (κ2) is 7.07. The molecule has 1 aliphatic heterocycles. The Kier molecular flexibility index (Phi) is 5.63. The highest BCUT2D eigenvalue weighted by atomic mass is 16.5. The summed E-state index contributed by atoms with van der Waals surface area (Å²) in [6.07, 6.45) is 3.59. The minimum Gasteiger partial charge on any atom is -0.465 e. The largest absolute Gasteiger partial charge is 0.465 e. The molecule has 122 valence electrons. The average molecular weight is 298 g/mol. The third kappa shape index (κ3) is 3.58. The zero-order chi connectivity index (χ0) is 15.5. The monoisotopic (exact) mass is 298 g/mol. The first kappa shape index (κ1) is 16.7. The van der Waals surface area contributed by atoms with Crippen LogP contribution in [0.15, 0.2) is 0 Å². The van der Waals surface area contributed by atoms with Gasteiger partial charge in [0.05, 0.1) is 12.7 Å². The number of methoxy groups -OCH3 is 1. The molecule has 1 aliphatic carbocycles. The number of piperidine rings is 1. The van der Waals surface area contributed by atoms with Crippen molar-refractivity contribution in [3.8, 4) is 0 Å². The van der Waals surface area contributed by atoms with Crippen LogP contribution >= 0.6 is 0 Å². The summed E-state index contributed by atoms with van der Waals surface area (Å²) in [5.74, 6) is 0.892. The predicted molar refractivity (Wildman–Crippen MR) is 82.2 cm³/mol. The number of carbonyl (C=O) groups excluding carboxylic acids is 1. The molecule has 0 radical (unpaired) electrons. The zero-order valence-corrected chi connectivity index (χ0v) is 13.9. The number of rotatable bonds is 7. The van der Waals surface area contributed by atoms with Gasteiger partial charge in [0, 0.05) is 20.2 Å². The maximum atomic E-state index is 12.5. The topological polar surface area (TPSA) is 50.8 Å². The Balaban J connectivity index is 2.06. The van der Waals surface area contributed by atoms with E-state index in [0.717, 1.165) is 38.9 Å². The highest BCUT2D eigenvalue weighted by Gasteiger charge is 2.52. The predicted octanol–water partition coefficient (Wildman–Crippen LogP) is 1.27. The molecule has 0 bridgehead atoms. The Labute approximate surface area is 128 Å². The van der Waals surface area contributed by atoms with Crippen LogP contribution in [0, 0.1) is 11.8 Å². The molecular weight excluding hydrogens is 268 g/mol. The number of ether oxygens (including phenoxy) is 2. The smallest absolute Gasteiger partial charge is 0.327 e. The van der Waals surface area contributed by atoms with Gasteiger partial charge < -0.3 is 14.8 Å². The number of esters is 1. The lowest BCUT2D eigenvalue weighted by Crippen LogP contribution is -2.62. The van der Waals surface area contributed by atoms with Gasteiger partial charge in [-0.15, -0.1) is 0 Å². The van der Waals surface area contributed by atoms with Crippen LogP contribution in [-0.4, -0.2) is 62.9 Å². The van der Waals surface area contributed by atoms with Crippen molar-refractivity contribution in [2.24, 2.45) is 11.8 Å². The van der Waals surface area contributed by atoms with E-state index >= 15 is 0 Å². The van der Waals surface area contributed by atoms with Crippen LogP contribution in [0.2, 0.25) is 0 Å². The van der Waals surface area contributed by atoms with Crippen molar-refractivity contribution in [3.63, 3.8) is 0 Å². The minimum absolute atomic E-state index is 0.0948. The van der Waals surface area contributed by atoms with Gasteiger partial charge >= 0.3 is 5.97 Å². The van der Waals surface area contributed by atoms with E-state index in [1.807, 2.05) is 14.0 Å². The third-order valence-corrected chi connectivity index (χ3v) is 5.11. The fraction of sp³-hybridized carbons (Fsp3) is 0.938. The van der Waals surface area contributed by atoms with Crippen LogP contribution in [0.3, 0.4) is 0 Å². The first-order chi connectivity index (χ1) is 10.1. The number of hydrogen-bond acceptors (Lipinski definition) is 5. The lowest BCUT2D eigenvalue weighted by atomic mass is 9.89. The highest BCUT2D eigenvalue weighted by molar-refractivity contribution is 5.82. The molecule has 1 heterocycles. The summed E-state index contributed by atoms with van der Waals surface area (Å²) < 4.78 is 10.9. The van der Waals surface area contributed by atoms with Crippen molar-refractivity contribution in [3.05, 3.63) is 0 Å². The first-order valence-corrected chi connectivity index (χ1v) is 8.18. The Hall–Kier alpha value is -0.650. The molecule has 3 atom stereocenters. The SMILES string of the molecule is CCOC(=O)C(CN1CCC(C)C(OC)C1)(NC)C1CC1. The summed E-state index contributed by atoms with van der Waals surface area (Å²) in [4.78, 5) is 14.9. The van der Waals surface area contributed by atoms with Gasteiger partial charge in [0.2, 0.25) is 0 Å². The van der Waals surface area contributed by atoms with Crippen LogP contribution in [0.1, 0.15) is 33.1 Å². The van der Waals surface area contributed by atoms with E-state index in [-0.39, 0.29) is 12.1 Å². The molecule has 0 aromatic heterocycles. The summed E-state index contributed by atoms with van der Waals surface area (Å²) >= 11 is 0. The summed E-state index contributed by atoms with van der Waals surface area (Å²) in [6, 6.07) is 0. The van der Waals surface area contributed by atoms with Gasteiger partial charge in [0.25, 0.3) is 0 Å². The highest BCUT2D eigenvalue weighted by Crippen LogP contribution is 2.41. The van der Waals surface area contributed by atoms with E-state index in [1.165, 1.54) is 0 Å². The quantitative estimate of drug-likeness (QED) is 0.718. The number of likely N-dealkylation sites (N-methyl/N-ethyl adjacent to an activating group) is 1. The molecule has 21 heavy (non-hydrogen) atoms. The van der Waals surface area contributed by atoms with Crippen molar-refractivity contribution >= 4 is 5.97 Å². The standard InChI is InChI=1S/C16H30N2O3/c1-5-21-15(19)16(17-3,13-6-7-13)11-18-9-8-12(2)14(10-18)20-4/h12-14,17H,5-11H2,1-4H3. The molecule has 3 unspecified atom stereocenters. The maximum Gasteiger partial charge on any atom is 0.327 e. The normalized spacial score (nSPS) is 29.9. The molecule has 2 fully saturated rings. The van der Waals surface area contributed by atoms with E-state index in [1.54, 1.807) is 7.11 Å². The maximum absolute atomic E-state index is 12.5. The summed E-state index contributed by atoms with van der Waals surface area (Å²) in [5.41, 5.74) is -0.547. The number of nitrogens with zero attached hydrogens (tertiary/aromatic N) is 1. The van der Waals surface area contributed by atoms with Crippen LogP contribution < -0.4 is 5.32 Å². The van der Waals surface area contributed by atoms with Gasteiger partial charge in [-0.05, 0) is 51.6 Å². The van der Waals surface area contributed by atoms with E-state index in [0.29, 0.717) is 18.4 Å². The second-order valence-corrected chi connectivity index (χ2v) is 6.49. The Morgan fingerprint density at radius 2 is 2.10 bits per heavy atom. The van der Waals surface area contributed by atoms with Gasteiger partial charge in [-0.25, -0.2) is 4.79 Å². The van der Waals surface area contributed by atoms with E-state index in [9.17, 15) is 4.79 Å². The number of hydrogen-bond donors (Lipinski definition) is 1. The molecule has 0 spiro atoms. The van der Waals surface area contributed by atoms with E-state index < -0.39 is 5.54 Å². The number of nitrogens with one attached hydrogen (secondary N) is 1. The van der Waals surface area contributed by atoms with Crippen LogP contribution in [0.5, 0.6) is 0 Å². The van der Waals surface area contributed by atoms with E-state index in [2.05, 4.69) is 17.1 Å². The second-order valence-electron chi connectivity index (χ2n) is 6.49. The van der Waals surface area contributed by atoms with Crippen LogP contribution in [-0.2, 0) is 14.3 Å². The van der Waals surface area contributed by atoms with Gasteiger partial charge in [-0.3, -0.25) is 4.90 Å². The van der Waals surface area contributed by atoms with Gasteiger partial charge in [-0.1, -0.05) is 6.92 Å². The van der Waals surface area contributed by atoms with Crippen LogP contribution in [0.25, 0.3) is 0 Å². The first-order valence-electron chi connectivity index (χ1n) is 8.18. The van der Waals surface area contributed by atoms with Crippen molar-refractivity contribution < 1.29 is 14.3 Å². The van der Waals surface area contributed by atoms with Crippen LogP contribution in [0.4, 0.5) is 0 Å². The molecule has 1 saturated carbocycles. The molecule has 2 aliphatic rings. The molecule has 2 rings (SSSR count). The van der Waals surface area contributed by atoms with Gasteiger partial charge in [0.15, 0.2) is 0 Å². The van der Waals surface area contributed by atoms with Crippen molar-refractivity contribution in [1.82, 2.24) is 10.2 Å². The summed E-state index contributed by atoms with van der Waals surface area (Å²) in [7, 11) is 3.66. The Morgan fingerprint density at radius 1 is 1.38 bits per heavy atom. The fourth-order valence-electron chi connectivity index (χ4n) is 3.48. The minimum atomic E-state index is -0.547. The molecule has 5 nitrogen and oxygen atoms in total. The Morgan fingerprint density at radius 3 is 2.62 bits per heavy atom. The lowest BCUT2D eigenvalue weighted by Gasteiger charge is -2.41. The summed E-state index contributed by atoms with van der Waals surface area (Å²) in [5, 5.41) is 3.30. The van der Waals surface area contributed by atoms with Crippen molar-refractivity contribution in [2.45, 2.75) is 44.8 Å². The molecular formula is C16H30N2O3. The average Bonchev–Trinajstić information content (AvgIpc) is 3.31. The van der Waals surface area contributed by atoms with Gasteiger partial charge in [-0.2, -0.15) is 0 Å². The molecule has 1 saturated heterocycles. The van der Waals surface area contributed by atoms with Crippen molar-refractivity contribution in [2.75, 3.05) is 40.4 Å². The summed E-state index contributed by atoms with van der Waals surface area (Å²) in [6.45, 7) is 7.19. The molecule has 0 amide bonds. The van der Waals surface area contributed by atoms with Crippen molar-refractivity contribution in [1.29, 1.82) is 0 Å². The number of likely N-dealkylation sites (tertiary alicyclic amines) is 1. The third-order valence-electron chi connectivity index (χ3n) is 5.11. The molecule has 0 aromatic rings. The molecule has 1 N–H and O–H groups in total.